The number of nitrogens with zero attached hydrogens (tertiary/aromatic N) is 2. The minimum atomic E-state index is -3.65. The Kier molecular flexibility index (Phi) is 8.81. The molecule has 0 aromatic heterocycles. The molecule has 0 saturated carbocycles. The summed E-state index contributed by atoms with van der Waals surface area (Å²) in [6.07, 6.45) is 0.828. The van der Waals surface area contributed by atoms with E-state index in [1.165, 1.54) is 22.0 Å². The summed E-state index contributed by atoms with van der Waals surface area (Å²) < 4.78 is 32.5. The van der Waals surface area contributed by atoms with Crippen molar-refractivity contribution in [3.63, 3.8) is 0 Å². The maximum atomic E-state index is 12.9. The molecule has 8 heteroatoms. The van der Waals surface area contributed by atoms with E-state index >= 15 is 0 Å². The molecule has 1 heterocycles. The Morgan fingerprint density at radius 1 is 1.06 bits per heavy atom. The number of sulfonamides is 1. The fourth-order valence-corrected chi connectivity index (χ4v) is 5.46. The number of likely N-dealkylation sites (N-methyl/N-ethyl adjacent to an activating group) is 1. The lowest BCUT2D eigenvalue weighted by Gasteiger charge is -2.30. The summed E-state index contributed by atoms with van der Waals surface area (Å²) in [6.45, 7) is 7.89. The highest BCUT2D eigenvalue weighted by Crippen LogP contribution is 2.18. The lowest BCUT2D eigenvalue weighted by Crippen LogP contribution is -2.45. The Hall–Kier alpha value is -2.26. The van der Waals surface area contributed by atoms with Gasteiger partial charge in [-0.3, -0.25) is 9.69 Å². The Labute approximate surface area is 191 Å². The summed E-state index contributed by atoms with van der Waals surface area (Å²) in [5.41, 5.74) is 1.56. The summed E-state index contributed by atoms with van der Waals surface area (Å²) in [5.74, 6) is -0.269. The van der Waals surface area contributed by atoms with Crippen LogP contribution in [0.3, 0.4) is 0 Å². The zero-order chi connectivity index (χ0) is 23.0. The fourth-order valence-electron chi connectivity index (χ4n) is 4.00. The number of carbonyl (C=O) groups is 1. The van der Waals surface area contributed by atoms with Crippen molar-refractivity contribution in [2.45, 2.75) is 31.2 Å². The second kappa shape index (κ2) is 11.6. The summed E-state index contributed by atoms with van der Waals surface area (Å²) in [4.78, 5) is 15.4. The molecule has 0 bridgehead atoms. The molecule has 3 rings (SSSR count). The van der Waals surface area contributed by atoms with Crippen molar-refractivity contribution < 1.29 is 17.9 Å². The van der Waals surface area contributed by atoms with Crippen molar-refractivity contribution in [1.82, 2.24) is 14.5 Å². The van der Waals surface area contributed by atoms with Crippen LogP contribution in [0.2, 0.25) is 0 Å². The molecule has 0 unspecified atom stereocenters. The molecule has 2 aromatic carbocycles. The van der Waals surface area contributed by atoms with E-state index in [-0.39, 0.29) is 16.8 Å². The van der Waals surface area contributed by atoms with Gasteiger partial charge in [-0.15, -0.1) is 0 Å². The number of benzene rings is 2. The predicted octanol–water partition coefficient (Wildman–Crippen LogP) is 2.39. The van der Waals surface area contributed by atoms with Crippen LogP contribution in [-0.2, 0) is 21.2 Å². The molecule has 1 aliphatic heterocycles. The number of morpholine rings is 1. The molecule has 1 aliphatic rings. The van der Waals surface area contributed by atoms with Crippen LogP contribution >= 0.6 is 0 Å². The summed E-state index contributed by atoms with van der Waals surface area (Å²) >= 11 is 0. The van der Waals surface area contributed by atoms with Crippen LogP contribution < -0.4 is 5.32 Å². The van der Waals surface area contributed by atoms with Crippen molar-refractivity contribution in [3.8, 4) is 0 Å². The Bertz CT molecular complexity index is 972. The van der Waals surface area contributed by atoms with E-state index < -0.39 is 10.0 Å². The van der Waals surface area contributed by atoms with Gasteiger partial charge in [-0.2, -0.15) is 4.31 Å². The number of rotatable bonds is 10. The SMILES string of the molecule is CCN(CC)[C@H](CNC(=O)c1cccc(S(=O)(=O)N2CCOCC2)c1)Cc1ccccc1. The Balaban J connectivity index is 1.70. The van der Waals surface area contributed by atoms with Crippen molar-refractivity contribution in [1.29, 1.82) is 0 Å². The minimum Gasteiger partial charge on any atom is -0.379 e. The molecule has 2 aromatic rings. The quantitative estimate of drug-likeness (QED) is 0.590. The topological polar surface area (TPSA) is 79.0 Å². The van der Waals surface area contributed by atoms with E-state index in [0.29, 0.717) is 38.4 Å². The van der Waals surface area contributed by atoms with Gasteiger partial charge in [0, 0.05) is 31.2 Å². The third kappa shape index (κ3) is 6.16. The maximum Gasteiger partial charge on any atom is 0.251 e. The van der Waals surface area contributed by atoms with Gasteiger partial charge in [0.15, 0.2) is 0 Å². The number of carbonyl (C=O) groups excluding carboxylic acids is 1. The second-order valence-corrected chi connectivity index (χ2v) is 9.76. The molecule has 1 fully saturated rings. The van der Waals surface area contributed by atoms with Gasteiger partial charge < -0.3 is 10.1 Å². The second-order valence-electron chi connectivity index (χ2n) is 7.82. The first-order chi connectivity index (χ1) is 15.5. The standard InChI is InChI=1S/C24H33N3O4S/c1-3-26(4-2)22(17-20-9-6-5-7-10-20)19-25-24(28)21-11-8-12-23(18-21)32(29,30)27-13-15-31-16-14-27/h5-12,18,22H,3-4,13-17,19H2,1-2H3,(H,25,28)/t22-/m0/s1. The van der Waals surface area contributed by atoms with Gasteiger partial charge in [-0.25, -0.2) is 8.42 Å². The number of nitrogens with one attached hydrogen (secondary N) is 1. The molecule has 1 saturated heterocycles. The van der Waals surface area contributed by atoms with E-state index in [2.05, 4.69) is 36.2 Å². The Morgan fingerprint density at radius 3 is 2.41 bits per heavy atom. The molecule has 0 spiro atoms. The van der Waals surface area contributed by atoms with Gasteiger partial charge >= 0.3 is 0 Å². The molecule has 174 valence electrons. The van der Waals surface area contributed by atoms with Crippen LogP contribution in [0.1, 0.15) is 29.8 Å². The molecule has 0 aliphatic carbocycles. The predicted molar refractivity (Wildman–Crippen MR) is 125 cm³/mol. The van der Waals surface area contributed by atoms with E-state index in [4.69, 9.17) is 4.74 Å². The maximum absolute atomic E-state index is 12.9. The molecule has 1 amide bonds. The normalized spacial score (nSPS) is 16.1. The van der Waals surface area contributed by atoms with Crippen LogP contribution in [0.15, 0.2) is 59.5 Å². The van der Waals surface area contributed by atoms with E-state index in [1.807, 2.05) is 18.2 Å². The van der Waals surface area contributed by atoms with E-state index in [0.717, 1.165) is 19.5 Å². The van der Waals surface area contributed by atoms with Gasteiger partial charge in [0.1, 0.15) is 0 Å². The first kappa shape index (κ1) is 24.4. The van der Waals surface area contributed by atoms with Crippen LogP contribution in [0.25, 0.3) is 0 Å². The van der Waals surface area contributed by atoms with E-state index in [1.54, 1.807) is 12.1 Å². The van der Waals surface area contributed by atoms with Crippen LogP contribution in [0.5, 0.6) is 0 Å². The van der Waals surface area contributed by atoms with Gasteiger partial charge in [0.05, 0.1) is 18.1 Å². The Morgan fingerprint density at radius 2 is 1.75 bits per heavy atom. The molecular weight excluding hydrogens is 426 g/mol. The number of hydrogen-bond donors (Lipinski definition) is 1. The summed E-state index contributed by atoms with van der Waals surface area (Å²) in [6, 6.07) is 16.6. The lowest BCUT2D eigenvalue weighted by molar-refractivity contribution is 0.0730. The van der Waals surface area contributed by atoms with Gasteiger partial charge in [0.2, 0.25) is 10.0 Å². The molecule has 1 N–H and O–H groups in total. The van der Waals surface area contributed by atoms with Crippen molar-refractivity contribution in [2.75, 3.05) is 45.9 Å². The van der Waals surface area contributed by atoms with Crippen molar-refractivity contribution >= 4 is 15.9 Å². The first-order valence-corrected chi connectivity index (χ1v) is 12.6. The van der Waals surface area contributed by atoms with Crippen molar-refractivity contribution in [2.24, 2.45) is 0 Å². The van der Waals surface area contributed by atoms with Crippen LogP contribution in [0.4, 0.5) is 0 Å². The number of amides is 1. The highest BCUT2D eigenvalue weighted by molar-refractivity contribution is 7.89. The largest absolute Gasteiger partial charge is 0.379 e. The minimum absolute atomic E-state index is 0.136. The highest BCUT2D eigenvalue weighted by Gasteiger charge is 2.27. The van der Waals surface area contributed by atoms with Crippen molar-refractivity contribution in [3.05, 3.63) is 65.7 Å². The van der Waals surface area contributed by atoms with E-state index in [9.17, 15) is 13.2 Å². The first-order valence-electron chi connectivity index (χ1n) is 11.2. The number of ether oxygens (including phenoxy) is 1. The summed E-state index contributed by atoms with van der Waals surface area (Å²) in [7, 11) is -3.65. The summed E-state index contributed by atoms with van der Waals surface area (Å²) in [5, 5.41) is 3.02. The molecule has 32 heavy (non-hydrogen) atoms. The third-order valence-electron chi connectivity index (χ3n) is 5.85. The van der Waals surface area contributed by atoms with Gasteiger partial charge in [0.25, 0.3) is 5.91 Å². The van der Waals surface area contributed by atoms with Gasteiger partial charge in [-0.05, 0) is 43.3 Å². The molecular formula is C24H33N3O4S. The molecule has 7 nitrogen and oxygen atoms in total. The smallest absolute Gasteiger partial charge is 0.251 e. The average molecular weight is 460 g/mol. The van der Waals surface area contributed by atoms with Crippen LogP contribution in [0, 0.1) is 0 Å². The zero-order valence-corrected chi connectivity index (χ0v) is 19.7. The molecule has 0 radical (unpaired) electrons. The van der Waals surface area contributed by atoms with Gasteiger partial charge in [-0.1, -0.05) is 50.2 Å². The molecule has 1 atom stereocenters. The highest BCUT2D eigenvalue weighted by atomic mass is 32.2. The number of hydrogen-bond acceptors (Lipinski definition) is 5. The van der Waals surface area contributed by atoms with Crippen LogP contribution in [-0.4, -0.2) is 75.5 Å². The third-order valence-corrected chi connectivity index (χ3v) is 7.74. The monoisotopic (exact) mass is 459 g/mol. The fraction of sp³-hybridized carbons (Fsp3) is 0.458. The lowest BCUT2D eigenvalue weighted by atomic mass is 10.0. The zero-order valence-electron chi connectivity index (χ0n) is 18.9. The average Bonchev–Trinajstić information content (AvgIpc) is 2.84.